The van der Waals surface area contributed by atoms with Crippen molar-refractivity contribution in [2.24, 2.45) is 0 Å². The van der Waals surface area contributed by atoms with Crippen molar-refractivity contribution in [3.8, 4) is 0 Å². The van der Waals surface area contributed by atoms with Crippen molar-refractivity contribution in [1.82, 2.24) is 4.98 Å². The number of carbonyl (C=O) groups is 1. The summed E-state index contributed by atoms with van der Waals surface area (Å²) in [6, 6.07) is 8.19. The lowest BCUT2D eigenvalue weighted by Crippen LogP contribution is -2.09. The fourth-order valence-electron chi connectivity index (χ4n) is 1.72. The quantitative estimate of drug-likeness (QED) is 0.792. The van der Waals surface area contributed by atoms with Gasteiger partial charge in [0.25, 0.3) is 0 Å². The van der Waals surface area contributed by atoms with E-state index in [2.05, 4.69) is 4.98 Å². The summed E-state index contributed by atoms with van der Waals surface area (Å²) in [5.74, 6) is -0.754. The lowest BCUT2D eigenvalue weighted by molar-refractivity contribution is 0.0986. The van der Waals surface area contributed by atoms with Gasteiger partial charge in [0.1, 0.15) is 11.5 Å². The van der Waals surface area contributed by atoms with Crippen LogP contribution in [0.25, 0.3) is 0 Å². The van der Waals surface area contributed by atoms with E-state index < -0.39 is 5.82 Å². The highest BCUT2D eigenvalue weighted by molar-refractivity contribution is 6.30. The Morgan fingerprint density at radius 2 is 2.11 bits per heavy atom. The third-order valence-electron chi connectivity index (χ3n) is 2.66. The van der Waals surface area contributed by atoms with Gasteiger partial charge in [-0.25, -0.2) is 4.39 Å². The summed E-state index contributed by atoms with van der Waals surface area (Å²) in [6.45, 7) is 1.80. The molecule has 0 atom stereocenters. The molecule has 0 saturated carbocycles. The number of hydrogen-bond acceptors (Lipinski definition) is 2. The topological polar surface area (TPSA) is 30.0 Å². The van der Waals surface area contributed by atoms with Crippen molar-refractivity contribution in [2.75, 3.05) is 0 Å². The molecule has 0 fully saturated rings. The van der Waals surface area contributed by atoms with Crippen LogP contribution in [-0.2, 0) is 6.42 Å². The summed E-state index contributed by atoms with van der Waals surface area (Å²) in [7, 11) is 0. The van der Waals surface area contributed by atoms with E-state index >= 15 is 0 Å². The Bertz CT molecular complexity index is 598. The number of ketones is 1. The van der Waals surface area contributed by atoms with Crippen LogP contribution in [0.5, 0.6) is 0 Å². The van der Waals surface area contributed by atoms with Crippen LogP contribution in [0.4, 0.5) is 4.39 Å². The maximum Gasteiger partial charge on any atom is 0.185 e. The number of benzene rings is 1. The molecule has 1 aromatic carbocycles. The van der Waals surface area contributed by atoms with Crippen molar-refractivity contribution >= 4 is 17.4 Å². The molecule has 0 N–H and O–H groups in total. The molecule has 0 aliphatic heterocycles. The van der Waals surface area contributed by atoms with Crippen molar-refractivity contribution in [3.05, 3.63) is 64.2 Å². The molecule has 2 rings (SSSR count). The molecule has 0 bridgehead atoms. The van der Waals surface area contributed by atoms with Gasteiger partial charge in [0, 0.05) is 12.6 Å². The van der Waals surface area contributed by atoms with Crippen molar-refractivity contribution in [2.45, 2.75) is 13.3 Å². The largest absolute Gasteiger partial charge is 0.292 e. The maximum atomic E-state index is 13.7. The maximum absolute atomic E-state index is 13.7. The standard InChI is InChI=1S/C14H11ClFNO/c1-9-4-3-7-17-14(9)12(18)8-10-5-2-6-11(15)13(10)16/h2-7H,8H2,1H3. The number of Topliss-reactive ketones (excluding diaryl/α,β-unsaturated/α-hetero) is 1. The van der Waals surface area contributed by atoms with Crippen LogP contribution < -0.4 is 0 Å². The Hall–Kier alpha value is -1.74. The predicted octanol–water partition coefficient (Wildman–Crippen LogP) is 3.61. The van der Waals surface area contributed by atoms with Crippen LogP contribution in [0.1, 0.15) is 21.6 Å². The van der Waals surface area contributed by atoms with Gasteiger partial charge in [-0.3, -0.25) is 9.78 Å². The van der Waals surface area contributed by atoms with Crippen molar-refractivity contribution in [1.29, 1.82) is 0 Å². The lowest BCUT2D eigenvalue weighted by Gasteiger charge is -2.05. The molecule has 1 aromatic heterocycles. The van der Waals surface area contributed by atoms with Crippen LogP contribution in [0.2, 0.25) is 5.02 Å². The van der Waals surface area contributed by atoms with E-state index in [1.807, 2.05) is 0 Å². The third kappa shape index (κ3) is 2.57. The van der Waals surface area contributed by atoms with E-state index in [9.17, 15) is 9.18 Å². The van der Waals surface area contributed by atoms with E-state index in [0.29, 0.717) is 5.69 Å². The Labute approximate surface area is 109 Å². The predicted molar refractivity (Wildman–Crippen MR) is 68.4 cm³/mol. The average molecular weight is 264 g/mol. The zero-order chi connectivity index (χ0) is 13.1. The van der Waals surface area contributed by atoms with Crippen LogP contribution in [0.15, 0.2) is 36.5 Å². The number of hydrogen-bond donors (Lipinski definition) is 0. The molecule has 0 spiro atoms. The highest BCUT2D eigenvalue weighted by Crippen LogP contribution is 2.19. The number of rotatable bonds is 3. The smallest absolute Gasteiger partial charge is 0.185 e. The summed E-state index contributed by atoms with van der Waals surface area (Å²) < 4.78 is 13.7. The molecule has 92 valence electrons. The Balaban J connectivity index is 2.27. The van der Waals surface area contributed by atoms with E-state index in [1.165, 1.54) is 6.07 Å². The molecular weight excluding hydrogens is 253 g/mol. The summed E-state index contributed by atoms with van der Waals surface area (Å²) >= 11 is 5.67. The second-order valence-corrected chi connectivity index (χ2v) is 4.39. The molecule has 0 saturated heterocycles. The second kappa shape index (κ2) is 5.27. The van der Waals surface area contributed by atoms with E-state index in [1.54, 1.807) is 37.4 Å². The van der Waals surface area contributed by atoms with Crippen molar-refractivity contribution < 1.29 is 9.18 Å². The van der Waals surface area contributed by atoms with Gasteiger partial charge in [-0.2, -0.15) is 0 Å². The first-order chi connectivity index (χ1) is 8.59. The molecule has 2 aromatic rings. The van der Waals surface area contributed by atoms with Crippen LogP contribution in [0.3, 0.4) is 0 Å². The first kappa shape index (κ1) is 12.7. The average Bonchev–Trinajstić information content (AvgIpc) is 2.35. The van der Waals surface area contributed by atoms with E-state index in [0.717, 1.165) is 5.56 Å². The van der Waals surface area contributed by atoms with Crippen LogP contribution >= 0.6 is 11.6 Å². The van der Waals surface area contributed by atoms with Crippen LogP contribution in [0, 0.1) is 12.7 Å². The summed E-state index contributed by atoms with van der Waals surface area (Å²) in [4.78, 5) is 16.0. The van der Waals surface area contributed by atoms with Gasteiger partial charge in [-0.1, -0.05) is 29.8 Å². The molecule has 0 aliphatic carbocycles. The number of halogens is 2. The summed E-state index contributed by atoms with van der Waals surface area (Å²) in [5, 5.41) is 0.0260. The molecule has 0 aliphatic rings. The molecule has 0 amide bonds. The molecule has 4 heteroatoms. The summed E-state index contributed by atoms with van der Waals surface area (Å²) in [6.07, 6.45) is 1.51. The molecule has 0 unspecified atom stereocenters. The normalized spacial score (nSPS) is 10.4. The van der Waals surface area contributed by atoms with Gasteiger partial charge in [0.05, 0.1) is 5.02 Å². The first-order valence-electron chi connectivity index (χ1n) is 5.47. The minimum Gasteiger partial charge on any atom is -0.292 e. The van der Waals surface area contributed by atoms with Crippen LogP contribution in [-0.4, -0.2) is 10.8 Å². The number of aryl methyl sites for hydroxylation is 1. The Kier molecular flexibility index (Phi) is 3.72. The molecule has 18 heavy (non-hydrogen) atoms. The number of nitrogens with zero attached hydrogens (tertiary/aromatic N) is 1. The van der Waals surface area contributed by atoms with Crippen molar-refractivity contribution in [3.63, 3.8) is 0 Å². The Morgan fingerprint density at radius 1 is 1.33 bits per heavy atom. The molecule has 0 radical (unpaired) electrons. The van der Waals surface area contributed by atoms with Gasteiger partial charge in [-0.05, 0) is 30.2 Å². The number of pyridine rings is 1. The summed E-state index contributed by atoms with van der Waals surface area (Å²) in [5.41, 5.74) is 1.44. The van der Waals surface area contributed by atoms with Gasteiger partial charge in [0.15, 0.2) is 5.78 Å². The van der Waals surface area contributed by atoms with Gasteiger partial charge >= 0.3 is 0 Å². The fraction of sp³-hybridized carbons (Fsp3) is 0.143. The highest BCUT2D eigenvalue weighted by Gasteiger charge is 2.14. The third-order valence-corrected chi connectivity index (χ3v) is 2.95. The monoisotopic (exact) mass is 263 g/mol. The molecular formula is C14H11ClFNO. The molecule has 2 nitrogen and oxygen atoms in total. The lowest BCUT2D eigenvalue weighted by atomic mass is 10.0. The minimum absolute atomic E-state index is 0.0260. The minimum atomic E-state index is -0.541. The van der Waals surface area contributed by atoms with Gasteiger partial charge in [0.2, 0.25) is 0 Å². The zero-order valence-electron chi connectivity index (χ0n) is 9.78. The number of carbonyl (C=O) groups excluding carboxylic acids is 1. The SMILES string of the molecule is Cc1cccnc1C(=O)Cc1cccc(Cl)c1F. The Morgan fingerprint density at radius 3 is 2.83 bits per heavy atom. The van der Waals surface area contributed by atoms with E-state index in [4.69, 9.17) is 11.6 Å². The van der Waals surface area contributed by atoms with E-state index in [-0.39, 0.29) is 22.8 Å². The zero-order valence-corrected chi connectivity index (χ0v) is 10.5. The second-order valence-electron chi connectivity index (χ2n) is 3.98. The highest BCUT2D eigenvalue weighted by atomic mass is 35.5. The molecule has 1 heterocycles. The fourth-order valence-corrected chi connectivity index (χ4v) is 1.91. The van der Waals surface area contributed by atoms with Gasteiger partial charge < -0.3 is 0 Å². The van der Waals surface area contributed by atoms with Gasteiger partial charge in [-0.15, -0.1) is 0 Å². The number of aromatic nitrogens is 1. The first-order valence-corrected chi connectivity index (χ1v) is 5.85.